The van der Waals surface area contributed by atoms with Gasteiger partial charge in [0, 0.05) is 49.6 Å². The minimum Gasteiger partial charge on any atom is -0.455 e. The summed E-state index contributed by atoms with van der Waals surface area (Å²) in [5.41, 5.74) is 7.54. The Bertz CT molecular complexity index is 2450. The third-order valence-electron chi connectivity index (χ3n) is 8.69. The molecule has 0 saturated carbocycles. The minimum absolute atomic E-state index is 0.591. The fraction of sp³-hybridized carbons (Fsp3) is 0. The van der Waals surface area contributed by atoms with Crippen molar-refractivity contribution in [3.63, 3.8) is 0 Å². The zero-order valence-electron chi connectivity index (χ0n) is 25.9. The van der Waals surface area contributed by atoms with Crippen LogP contribution in [0.2, 0.25) is 0 Å². The van der Waals surface area contributed by atoms with Gasteiger partial charge in [0.1, 0.15) is 11.2 Å². The van der Waals surface area contributed by atoms with E-state index in [0.717, 1.165) is 66.5 Å². The van der Waals surface area contributed by atoms with Gasteiger partial charge < -0.3 is 9.32 Å². The third-order valence-corrected chi connectivity index (χ3v) is 8.69. The lowest BCUT2D eigenvalue weighted by Crippen LogP contribution is -2.10. The van der Waals surface area contributed by atoms with Crippen LogP contribution >= 0.6 is 0 Å². The molecule has 5 nitrogen and oxygen atoms in total. The average Bonchev–Trinajstić information content (AvgIpc) is 3.55. The van der Waals surface area contributed by atoms with Crippen molar-refractivity contribution in [3.05, 3.63) is 170 Å². The fourth-order valence-electron chi connectivity index (χ4n) is 6.51. The van der Waals surface area contributed by atoms with Gasteiger partial charge in [0.2, 0.25) is 0 Å². The van der Waals surface area contributed by atoms with Gasteiger partial charge in [0.05, 0.1) is 5.69 Å². The number of fused-ring (bicyclic) bond motifs is 5. The first-order valence-corrected chi connectivity index (χ1v) is 16.0. The summed E-state index contributed by atoms with van der Waals surface area (Å²) in [5, 5.41) is 4.09. The van der Waals surface area contributed by atoms with Crippen molar-refractivity contribution in [1.29, 1.82) is 0 Å². The zero-order valence-corrected chi connectivity index (χ0v) is 25.9. The maximum absolute atomic E-state index is 6.71. The summed E-state index contributed by atoms with van der Waals surface area (Å²) in [6.45, 7) is 0. The van der Waals surface area contributed by atoms with Crippen LogP contribution in [0.4, 0.5) is 17.1 Å². The molecule has 0 fully saturated rings. The van der Waals surface area contributed by atoms with E-state index in [-0.39, 0.29) is 0 Å². The Balaban J connectivity index is 1.35. The normalized spacial score (nSPS) is 11.3. The average molecular weight is 617 g/mol. The number of para-hydroxylation sites is 2. The van der Waals surface area contributed by atoms with Crippen LogP contribution in [0, 0.1) is 0 Å². The summed E-state index contributed by atoms with van der Waals surface area (Å²) in [6.07, 6.45) is 0. The zero-order chi connectivity index (χ0) is 31.9. The van der Waals surface area contributed by atoms with Crippen molar-refractivity contribution >= 4 is 49.8 Å². The van der Waals surface area contributed by atoms with Crippen LogP contribution in [0.3, 0.4) is 0 Å². The molecule has 0 aliphatic heterocycles. The minimum atomic E-state index is 0.591. The van der Waals surface area contributed by atoms with Crippen LogP contribution in [0.5, 0.6) is 0 Å². The van der Waals surface area contributed by atoms with Crippen molar-refractivity contribution in [1.82, 2.24) is 15.0 Å². The molecule has 0 radical (unpaired) electrons. The molecule has 5 heteroatoms. The topological polar surface area (TPSA) is 55.1 Å². The first-order chi connectivity index (χ1) is 23.8. The fourth-order valence-corrected chi connectivity index (χ4v) is 6.51. The summed E-state index contributed by atoms with van der Waals surface area (Å²) in [5.74, 6) is 1.83. The predicted molar refractivity (Wildman–Crippen MR) is 196 cm³/mol. The van der Waals surface area contributed by atoms with Crippen molar-refractivity contribution in [3.8, 4) is 34.2 Å². The van der Waals surface area contributed by atoms with E-state index < -0.39 is 0 Å². The van der Waals surface area contributed by atoms with Crippen LogP contribution in [0.15, 0.2) is 174 Å². The van der Waals surface area contributed by atoms with Crippen molar-refractivity contribution < 1.29 is 4.42 Å². The van der Waals surface area contributed by atoms with Gasteiger partial charge in [-0.25, -0.2) is 15.0 Å². The van der Waals surface area contributed by atoms with Gasteiger partial charge in [-0.2, -0.15) is 0 Å². The van der Waals surface area contributed by atoms with E-state index in [1.54, 1.807) is 0 Å². The first-order valence-electron chi connectivity index (χ1n) is 16.0. The van der Waals surface area contributed by atoms with Crippen LogP contribution in [0.25, 0.3) is 66.9 Å². The Morgan fingerprint density at radius 1 is 0.417 bits per heavy atom. The number of aromatic nitrogens is 3. The molecule has 0 unspecified atom stereocenters. The van der Waals surface area contributed by atoms with Crippen LogP contribution in [0.1, 0.15) is 0 Å². The summed E-state index contributed by atoms with van der Waals surface area (Å²) < 4.78 is 6.71. The summed E-state index contributed by atoms with van der Waals surface area (Å²) >= 11 is 0. The van der Waals surface area contributed by atoms with Gasteiger partial charge in [-0.05, 0) is 36.4 Å². The first kappa shape index (κ1) is 27.7. The van der Waals surface area contributed by atoms with Gasteiger partial charge in [-0.3, -0.25) is 0 Å². The van der Waals surface area contributed by atoms with Crippen molar-refractivity contribution in [2.45, 2.75) is 0 Å². The molecule has 2 aromatic heterocycles. The maximum Gasteiger partial charge on any atom is 0.164 e. The highest BCUT2D eigenvalue weighted by molar-refractivity contribution is 6.22. The Kier molecular flexibility index (Phi) is 6.72. The van der Waals surface area contributed by atoms with Gasteiger partial charge in [-0.1, -0.05) is 133 Å². The molecule has 0 N–H and O–H groups in total. The molecule has 0 amide bonds. The summed E-state index contributed by atoms with van der Waals surface area (Å²) in [6, 6.07) is 57.9. The molecule has 7 aromatic carbocycles. The summed E-state index contributed by atoms with van der Waals surface area (Å²) in [4.78, 5) is 17.4. The van der Waals surface area contributed by atoms with Gasteiger partial charge >= 0.3 is 0 Å². The largest absolute Gasteiger partial charge is 0.455 e. The molecule has 226 valence electrons. The lowest BCUT2D eigenvalue weighted by molar-refractivity contribution is 0.672. The van der Waals surface area contributed by atoms with E-state index in [4.69, 9.17) is 19.4 Å². The van der Waals surface area contributed by atoms with E-state index in [9.17, 15) is 0 Å². The molecule has 0 aliphatic rings. The molecule has 48 heavy (non-hydrogen) atoms. The predicted octanol–water partition coefficient (Wildman–Crippen LogP) is 11.4. The quantitative estimate of drug-likeness (QED) is 0.186. The number of nitrogens with zero attached hydrogens (tertiary/aromatic N) is 4. The molecule has 9 aromatic rings. The van der Waals surface area contributed by atoms with Crippen LogP contribution in [-0.4, -0.2) is 15.0 Å². The van der Waals surface area contributed by atoms with Gasteiger partial charge in [-0.15, -0.1) is 0 Å². The second-order valence-corrected chi connectivity index (χ2v) is 11.6. The standard InChI is InChI=1S/C43H28N4O/c1-5-16-29(17-6-1)41-44-42(30-18-7-2-8-19-30)46-43(45-41)35-26-15-27-38-39(35)36-28-37(33-24-13-14-25-34(33)40(36)48-38)47(31-20-9-3-10-21-31)32-22-11-4-12-23-32/h1-28H. The molecule has 0 aliphatic carbocycles. The third kappa shape index (κ3) is 4.77. The Hall–Kier alpha value is -6.59. The molecular formula is C43H28N4O. The smallest absolute Gasteiger partial charge is 0.164 e. The number of benzene rings is 7. The van der Waals surface area contributed by atoms with E-state index in [2.05, 4.69) is 89.8 Å². The van der Waals surface area contributed by atoms with E-state index in [0.29, 0.717) is 17.5 Å². The molecule has 0 spiro atoms. The highest BCUT2D eigenvalue weighted by atomic mass is 16.3. The number of hydrogen-bond acceptors (Lipinski definition) is 5. The number of anilines is 3. The van der Waals surface area contributed by atoms with Crippen molar-refractivity contribution in [2.24, 2.45) is 0 Å². The van der Waals surface area contributed by atoms with Gasteiger partial charge in [0.25, 0.3) is 0 Å². The number of furan rings is 1. The monoisotopic (exact) mass is 616 g/mol. The molecular weight excluding hydrogens is 589 g/mol. The van der Waals surface area contributed by atoms with E-state index in [1.165, 1.54) is 0 Å². The lowest BCUT2D eigenvalue weighted by atomic mass is 9.99. The molecule has 9 rings (SSSR count). The molecule has 2 heterocycles. The lowest BCUT2D eigenvalue weighted by Gasteiger charge is -2.27. The highest BCUT2D eigenvalue weighted by Crippen LogP contribution is 2.46. The van der Waals surface area contributed by atoms with Crippen molar-refractivity contribution in [2.75, 3.05) is 4.90 Å². The van der Waals surface area contributed by atoms with E-state index >= 15 is 0 Å². The van der Waals surface area contributed by atoms with Gasteiger partial charge in [0.15, 0.2) is 17.5 Å². The SMILES string of the molecule is c1ccc(-c2nc(-c3ccccc3)nc(-c3cccc4oc5c6ccccc6c(N(c6ccccc6)c6ccccc6)cc5c34)n2)cc1. The highest BCUT2D eigenvalue weighted by Gasteiger charge is 2.23. The molecule has 0 saturated heterocycles. The van der Waals surface area contributed by atoms with Crippen LogP contribution in [-0.2, 0) is 0 Å². The Morgan fingerprint density at radius 2 is 0.917 bits per heavy atom. The molecule has 0 atom stereocenters. The molecule has 0 bridgehead atoms. The summed E-state index contributed by atoms with van der Waals surface area (Å²) in [7, 11) is 0. The Morgan fingerprint density at radius 3 is 1.50 bits per heavy atom. The number of rotatable bonds is 6. The second-order valence-electron chi connectivity index (χ2n) is 11.6. The van der Waals surface area contributed by atoms with Crippen LogP contribution < -0.4 is 4.90 Å². The number of hydrogen-bond donors (Lipinski definition) is 0. The Labute approximate surface area is 277 Å². The maximum atomic E-state index is 6.71. The second kappa shape index (κ2) is 11.6. The van der Waals surface area contributed by atoms with E-state index in [1.807, 2.05) is 84.9 Å².